The third kappa shape index (κ3) is 2.09. The van der Waals surface area contributed by atoms with E-state index in [1.165, 1.54) is 0 Å². The van der Waals surface area contributed by atoms with Gasteiger partial charge in [0.15, 0.2) is 11.5 Å². The first-order chi connectivity index (χ1) is 8.98. The normalized spacial score (nSPS) is 17.7. The van der Waals surface area contributed by atoms with Crippen molar-refractivity contribution >= 4 is 11.6 Å². The highest BCUT2D eigenvalue weighted by Gasteiger charge is 2.39. The zero-order valence-electron chi connectivity index (χ0n) is 11.8. The number of phenols is 1. The lowest BCUT2D eigenvalue weighted by molar-refractivity contribution is 0.351. The van der Waals surface area contributed by atoms with Crippen LogP contribution in [0.4, 0.5) is 0 Å². The second-order valence-corrected chi connectivity index (χ2v) is 5.89. The van der Waals surface area contributed by atoms with Gasteiger partial charge in [-0.15, -0.1) is 0 Å². The molecule has 1 aliphatic carbocycles. The van der Waals surface area contributed by atoms with Crippen molar-refractivity contribution in [2.45, 2.75) is 44.9 Å². The Hall–Kier alpha value is -0.930. The Morgan fingerprint density at radius 1 is 1.26 bits per heavy atom. The maximum atomic E-state index is 10.6. The number of nitrogens with two attached hydrogens (primary N) is 1. The van der Waals surface area contributed by atoms with Crippen molar-refractivity contribution in [2.24, 2.45) is 5.73 Å². The molecule has 3 nitrogen and oxygen atoms in total. The van der Waals surface area contributed by atoms with Crippen LogP contribution in [0.5, 0.6) is 11.5 Å². The minimum atomic E-state index is -0.154. The van der Waals surface area contributed by atoms with Crippen LogP contribution in [-0.2, 0) is 5.41 Å². The van der Waals surface area contributed by atoms with E-state index >= 15 is 0 Å². The third-order valence-electron chi connectivity index (χ3n) is 4.51. The number of hydrogen-bond acceptors (Lipinski definition) is 3. The maximum absolute atomic E-state index is 10.6. The van der Waals surface area contributed by atoms with Crippen molar-refractivity contribution in [3.05, 3.63) is 21.7 Å². The van der Waals surface area contributed by atoms with Gasteiger partial charge in [-0.2, -0.15) is 0 Å². The molecule has 1 aromatic carbocycles. The summed E-state index contributed by atoms with van der Waals surface area (Å²) in [7, 11) is 1.56. The Morgan fingerprint density at radius 3 is 2.32 bits per heavy atom. The van der Waals surface area contributed by atoms with E-state index in [4.69, 9.17) is 22.1 Å². The van der Waals surface area contributed by atoms with Crippen molar-refractivity contribution in [3.63, 3.8) is 0 Å². The summed E-state index contributed by atoms with van der Waals surface area (Å²) in [5.74, 6) is 0.694. The molecule has 19 heavy (non-hydrogen) atoms. The smallest absolute Gasteiger partial charge is 0.165 e. The van der Waals surface area contributed by atoms with Gasteiger partial charge in [0.2, 0.25) is 0 Å². The second kappa shape index (κ2) is 5.22. The molecule has 0 bridgehead atoms. The number of aromatic hydroxyl groups is 1. The summed E-state index contributed by atoms with van der Waals surface area (Å²) in [5.41, 5.74) is 8.48. The number of methoxy groups -OCH3 is 1. The van der Waals surface area contributed by atoms with E-state index in [-0.39, 0.29) is 11.2 Å². The van der Waals surface area contributed by atoms with Crippen molar-refractivity contribution in [2.75, 3.05) is 13.7 Å². The van der Waals surface area contributed by atoms with Crippen LogP contribution in [0.3, 0.4) is 0 Å². The first-order valence-electron chi connectivity index (χ1n) is 6.74. The van der Waals surface area contributed by atoms with Crippen molar-refractivity contribution in [1.82, 2.24) is 0 Å². The van der Waals surface area contributed by atoms with Crippen LogP contribution in [0.25, 0.3) is 0 Å². The van der Waals surface area contributed by atoms with Gasteiger partial charge in [-0.1, -0.05) is 24.4 Å². The lowest BCUT2D eigenvalue weighted by atomic mass is 9.75. The summed E-state index contributed by atoms with van der Waals surface area (Å²) >= 11 is 6.40. The summed E-state index contributed by atoms with van der Waals surface area (Å²) in [4.78, 5) is 0. The summed E-state index contributed by atoms with van der Waals surface area (Å²) in [5, 5.41) is 11.3. The number of phenolic OH excluding ortho intramolecular Hbond substituents is 1. The molecule has 106 valence electrons. The zero-order chi connectivity index (χ0) is 14.2. The number of hydrogen-bond donors (Lipinski definition) is 2. The SMILES string of the molecule is COc1c(C)c(Cl)c(C)c(C2(CN)CCCC2)c1O. The topological polar surface area (TPSA) is 55.5 Å². The van der Waals surface area contributed by atoms with Crippen LogP contribution in [-0.4, -0.2) is 18.8 Å². The van der Waals surface area contributed by atoms with Gasteiger partial charge in [0.1, 0.15) is 0 Å². The molecule has 0 unspecified atom stereocenters. The van der Waals surface area contributed by atoms with E-state index in [0.29, 0.717) is 17.3 Å². The zero-order valence-corrected chi connectivity index (χ0v) is 12.6. The van der Waals surface area contributed by atoms with E-state index in [1.807, 2.05) is 13.8 Å². The molecule has 4 heteroatoms. The molecule has 0 heterocycles. The maximum Gasteiger partial charge on any atom is 0.165 e. The van der Waals surface area contributed by atoms with Crippen LogP contribution in [0, 0.1) is 13.8 Å². The quantitative estimate of drug-likeness (QED) is 0.893. The monoisotopic (exact) mass is 283 g/mol. The third-order valence-corrected chi connectivity index (χ3v) is 5.08. The molecule has 3 N–H and O–H groups in total. The van der Waals surface area contributed by atoms with E-state index < -0.39 is 0 Å². The predicted octanol–water partition coefficient (Wildman–Crippen LogP) is 3.44. The molecule has 0 aliphatic heterocycles. The number of rotatable bonds is 3. The number of ether oxygens (including phenoxy) is 1. The highest BCUT2D eigenvalue weighted by Crippen LogP contribution is 2.51. The van der Waals surface area contributed by atoms with Gasteiger partial charge < -0.3 is 15.6 Å². The van der Waals surface area contributed by atoms with Crippen molar-refractivity contribution in [3.8, 4) is 11.5 Å². The Balaban J connectivity index is 2.72. The lowest BCUT2D eigenvalue weighted by Crippen LogP contribution is -2.33. The molecule has 1 saturated carbocycles. The summed E-state index contributed by atoms with van der Waals surface area (Å²) in [6.07, 6.45) is 4.29. The first kappa shape index (κ1) is 14.5. The second-order valence-electron chi connectivity index (χ2n) is 5.51. The molecule has 0 saturated heterocycles. The fraction of sp³-hybridized carbons (Fsp3) is 0.600. The van der Waals surface area contributed by atoms with Crippen LogP contribution < -0.4 is 10.5 Å². The number of benzene rings is 1. The molecule has 0 amide bonds. The largest absolute Gasteiger partial charge is 0.504 e. The Labute approximate surface area is 119 Å². The van der Waals surface area contributed by atoms with E-state index in [1.54, 1.807) is 7.11 Å². The van der Waals surface area contributed by atoms with Gasteiger partial charge in [0, 0.05) is 23.1 Å². The highest BCUT2D eigenvalue weighted by atomic mass is 35.5. The molecule has 0 aromatic heterocycles. The molecule has 0 radical (unpaired) electrons. The number of halogens is 1. The summed E-state index contributed by atoms with van der Waals surface area (Å²) < 4.78 is 5.33. The highest BCUT2D eigenvalue weighted by molar-refractivity contribution is 6.32. The average Bonchev–Trinajstić information content (AvgIpc) is 2.87. The minimum Gasteiger partial charge on any atom is -0.504 e. The Morgan fingerprint density at radius 2 is 1.84 bits per heavy atom. The Kier molecular flexibility index (Phi) is 3.98. The fourth-order valence-electron chi connectivity index (χ4n) is 3.47. The molecule has 0 spiro atoms. The molecule has 1 aliphatic rings. The molecule has 1 fully saturated rings. The van der Waals surface area contributed by atoms with Crippen molar-refractivity contribution in [1.29, 1.82) is 0 Å². The standard InChI is InChI=1S/C15H22ClNO2/c1-9-11(15(8-17)6-4-5-7-15)13(18)14(19-3)10(2)12(9)16/h18H,4-8,17H2,1-3H3. The first-order valence-corrected chi connectivity index (χ1v) is 7.12. The van der Waals surface area contributed by atoms with Crippen LogP contribution in [0.1, 0.15) is 42.4 Å². The van der Waals surface area contributed by atoms with Gasteiger partial charge in [-0.25, -0.2) is 0 Å². The van der Waals surface area contributed by atoms with Gasteiger partial charge in [-0.05, 0) is 32.3 Å². The van der Waals surface area contributed by atoms with Gasteiger partial charge >= 0.3 is 0 Å². The minimum absolute atomic E-state index is 0.154. The van der Waals surface area contributed by atoms with E-state index in [2.05, 4.69) is 0 Å². The Bertz CT molecular complexity index is 494. The van der Waals surface area contributed by atoms with Gasteiger partial charge in [0.25, 0.3) is 0 Å². The lowest BCUT2D eigenvalue weighted by Gasteiger charge is -2.32. The van der Waals surface area contributed by atoms with Gasteiger partial charge in [-0.3, -0.25) is 0 Å². The van der Waals surface area contributed by atoms with Crippen LogP contribution in [0.15, 0.2) is 0 Å². The van der Waals surface area contributed by atoms with E-state index in [9.17, 15) is 5.11 Å². The molecule has 2 rings (SSSR count). The van der Waals surface area contributed by atoms with Crippen LogP contribution >= 0.6 is 11.6 Å². The molecule has 0 atom stereocenters. The van der Waals surface area contributed by atoms with Crippen LogP contribution in [0.2, 0.25) is 5.02 Å². The molecular formula is C15H22ClNO2. The average molecular weight is 284 g/mol. The molecular weight excluding hydrogens is 262 g/mol. The van der Waals surface area contributed by atoms with Crippen molar-refractivity contribution < 1.29 is 9.84 Å². The summed E-state index contributed by atoms with van der Waals surface area (Å²) in [6.45, 7) is 4.35. The predicted molar refractivity (Wildman–Crippen MR) is 78.3 cm³/mol. The fourth-order valence-corrected chi connectivity index (χ4v) is 3.65. The van der Waals surface area contributed by atoms with E-state index in [0.717, 1.165) is 42.4 Å². The molecule has 1 aromatic rings. The van der Waals surface area contributed by atoms with Gasteiger partial charge in [0.05, 0.1) is 12.1 Å². The summed E-state index contributed by atoms with van der Waals surface area (Å²) in [6, 6.07) is 0.